The van der Waals surface area contributed by atoms with Crippen molar-refractivity contribution in [1.82, 2.24) is 4.57 Å². The molecule has 1 heterocycles. The van der Waals surface area contributed by atoms with Gasteiger partial charge in [0.15, 0.2) is 0 Å². The molecule has 1 aromatic heterocycles. The summed E-state index contributed by atoms with van der Waals surface area (Å²) in [4.78, 5) is 0. The van der Waals surface area contributed by atoms with Gasteiger partial charge in [0, 0.05) is 23.5 Å². The molecule has 3 aliphatic carbocycles. The Kier molecular flexibility index (Phi) is 2.45. The zero-order valence-corrected chi connectivity index (χ0v) is 12.1. The van der Waals surface area contributed by atoms with E-state index < -0.39 is 0 Å². The third-order valence-corrected chi connectivity index (χ3v) is 5.87. The molecule has 0 radical (unpaired) electrons. The Morgan fingerprint density at radius 3 is 2.79 bits per heavy atom. The topological polar surface area (TPSA) is 25.2 Å². The minimum atomic E-state index is -0.251. The largest absolute Gasteiger partial charge is 0.388 e. The molecule has 2 nitrogen and oxygen atoms in total. The molecule has 0 aliphatic heterocycles. The van der Waals surface area contributed by atoms with Gasteiger partial charge in [0.25, 0.3) is 0 Å². The quantitative estimate of drug-likeness (QED) is 0.814. The average molecular weight is 259 g/mol. The second-order valence-corrected chi connectivity index (χ2v) is 7.93. The molecule has 0 spiro atoms. The van der Waals surface area contributed by atoms with Crippen molar-refractivity contribution in [2.75, 3.05) is 0 Å². The molecule has 2 saturated carbocycles. The standard InChI is InChI=1S/C17H25NO/c1-17(2)9-15-13(16(19)10-17)5-6-18(15)14-8-11-3-4-12(14)7-11/h5-6,11-12,14,16,19H,3-4,7-10H2,1-2H3. The smallest absolute Gasteiger partial charge is 0.0812 e. The van der Waals surface area contributed by atoms with Crippen LogP contribution in [0.1, 0.15) is 69.4 Å². The third kappa shape index (κ3) is 1.79. The van der Waals surface area contributed by atoms with E-state index in [0.717, 1.165) is 30.7 Å². The Bertz CT molecular complexity index is 501. The van der Waals surface area contributed by atoms with Crippen molar-refractivity contribution in [2.24, 2.45) is 17.3 Å². The number of hydrogen-bond acceptors (Lipinski definition) is 1. The lowest BCUT2D eigenvalue weighted by Crippen LogP contribution is -2.28. The summed E-state index contributed by atoms with van der Waals surface area (Å²) in [5.74, 6) is 1.89. The molecule has 2 fully saturated rings. The number of aliphatic hydroxyl groups is 1. The van der Waals surface area contributed by atoms with Gasteiger partial charge in [0.1, 0.15) is 0 Å². The zero-order valence-electron chi connectivity index (χ0n) is 12.1. The van der Waals surface area contributed by atoms with Crippen LogP contribution in [-0.2, 0) is 6.42 Å². The second kappa shape index (κ2) is 3.88. The van der Waals surface area contributed by atoms with E-state index in [2.05, 4.69) is 30.7 Å². The van der Waals surface area contributed by atoms with Gasteiger partial charge in [-0.2, -0.15) is 0 Å². The maximum absolute atomic E-state index is 10.4. The fraction of sp³-hybridized carbons (Fsp3) is 0.765. The van der Waals surface area contributed by atoms with E-state index >= 15 is 0 Å². The van der Waals surface area contributed by atoms with Crippen LogP contribution in [0.15, 0.2) is 12.3 Å². The van der Waals surface area contributed by atoms with Gasteiger partial charge >= 0.3 is 0 Å². The van der Waals surface area contributed by atoms with Crippen LogP contribution in [0.5, 0.6) is 0 Å². The first-order valence-corrected chi connectivity index (χ1v) is 7.91. The fourth-order valence-corrected chi connectivity index (χ4v) is 5.01. The predicted octanol–water partition coefficient (Wildman–Crippen LogP) is 3.86. The molecule has 1 aromatic rings. The number of nitrogens with zero attached hydrogens (tertiary/aromatic N) is 1. The van der Waals surface area contributed by atoms with Gasteiger partial charge in [0.05, 0.1) is 6.10 Å². The Labute approximate surface area is 115 Å². The highest BCUT2D eigenvalue weighted by Crippen LogP contribution is 2.52. The van der Waals surface area contributed by atoms with Gasteiger partial charge < -0.3 is 9.67 Å². The molecule has 19 heavy (non-hydrogen) atoms. The molecule has 2 heteroatoms. The van der Waals surface area contributed by atoms with Crippen molar-refractivity contribution < 1.29 is 5.11 Å². The highest BCUT2D eigenvalue weighted by molar-refractivity contribution is 5.30. The maximum Gasteiger partial charge on any atom is 0.0812 e. The van der Waals surface area contributed by atoms with Crippen LogP contribution in [0.3, 0.4) is 0 Å². The van der Waals surface area contributed by atoms with E-state index in [9.17, 15) is 5.11 Å². The van der Waals surface area contributed by atoms with Gasteiger partial charge in [-0.1, -0.05) is 20.3 Å². The summed E-state index contributed by atoms with van der Waals surface area (Å²) >= 11 is 0. The van der Waals surface area contributed by atoms with E-state index in [4.69, 9.17) is 0 Å². The molecule has 2 bridgehead atoms. The van der Waals surface area contributed by atoms with Gasteiger partial charge in [-0.3, -0.25) is 0 Å². The molecule has 4 rings (SSSR count). The van der Waals surface area contributed by atoms with E-state index in [1.54, 1.807) is 0 Å². The fourth-order valence-electron chi connectivity index (χ4n) is 5.01. The van der Waals surface area contributed by atoms with Crippen LogP contribution in [0, 0.1) is 17.3 Å². The van der Waals surface area contributed by atoms with Crippen LogP contribution in [0.4, 0.5) is 0 Å². The Balaban J connectivity index is 1.72. The van der Waals surface area contributed by atoms with Crippen LogP contribution in [0.25, 0.3) is 0 Å². The molecular formula is C17H25NO. The lowest BCUT2D eigenvalue weighted by atomic mass is 9.75. The van der Waals surface area contributed by atoms with Crippen LogP contribution in [0.2, 0.25) is 0 Å². The van der Waals surface area contributed by atoms with E-state index in [1.165, 1.54) is 36.9 Å². The van der Waals surface area contributed by atoms with Crippen molar-refractivity contribution in [1.29, 1.82) is 0 Å². The highest BCUT2D eigenvalue weighted by Gasteiger charge is 2.42. The first-order chi connectivity index (χ1) is 9.03. The van der Waals surface area contributed by atoms with Gasteiger partial charge in [-0.25, -0.2) is 0 Å². The monoisotopic (exact) mass is 259 g/mol. The van der Waals surface area contributed by atoms with E-state index in [0.29, 0.717) is 0 Å². The normalized spacial score (nSPS) is 39.5. The lowest BCUT2D eigenvalue weighted by Gasteiger charge is -2.36. The minimum Gasteiger partial charge on any atom is -0.388 e. The predicted molar refractivity (Wildman–Crippen MR) is 76.0 cm³/mol. The van der Waals surface area contributed by atoms with Gasteiger partial charge in [-0.15, -0.1) is 0 Å². The first-order valence-electron chi connectivity index (χ1n) is 7.91. The van der Waals surface area contributed by atoms with Gasteiger partial charge in [0.2, 0.25) is 0 Å². The summed E-state index contributed by atoms with van der Waals surface area (Å²) in [5.41, 5.74) is 2.88. The van der Waals surface area contributed by atoms with Crippen molar-refractivity contribution in [2.45, 2.75) is 64.5 Å². The summed E-state index contributed by atoms with van der Waals surface area (Å²) in [6, 6.07) is 2.91. The maximum atomic E-state index is 10.4. The van der Waals surface area contributed by atoms with Crippen molar-refractivity contribution in [3.05, 3.63) is 23.5 Å². The summed E-state index contributed by atoms with van der Waals surface area (Å²) in [6.45, 7) is 4.58. The van der Waals surface area contributed by atoms with Crippen molar-refractivity contribution >= 4 is 0 Å². The highest BCUT2D eigenvalue weighted by atomic mass is 16.3. The van der Waals surface area contributed by atoms with E-state index in [-0.39, 0.29) is 11.5 Å². The summed E-state index contributed by atoms with van der Waals surface area (Å²) in [6.07, 6.45) is 9.75. The van der Waals surface area contributed by atoms with Crippen LogP contribution < -0.4 is 0 Å². The number of rotatable bonds is 1. The molecule has 0 amide bonds. The lowest BCUT2D eigenvalue weighted by molar-refractivity contribution is 0.0968. The Morgan fingerprint density at radius 2 is 2.11 bits per heavy atom. The molecule has 0 saturated heterocycles. The average Bonchev–Trinajstić information content (AvgIpc) is 2.99. The van der Waals surface area contributed by atoms with Crippen LogP contribution in [-0.4, -0.2) is 9.67 Å². The first kappa shape index (κ1) is 12.0. The number of aromatic nitrogens is 1. The molecule has 4 unspecified atom stereocenters. The molecule has 104 valence electrons. The summed E-state index contributed by atoms with van der Waals surface area (Å²) < 4.78 is 2.54. The number of fused-ring (bicyclic) bond motifs is 3. The molecular weight excluding hydrogens is 234 g/mol. The second-order valence-electron chi connectivity index (χ2n) is 7.93. The van der Waals surface area contributed by atoms with E-state index in [1.807, 2.05) is 0 Å². The van der Waals surface area contributed by atoms with Gasteiger partial charge in [-0.05, 0) is 55.4 Å². The molecule has 3 aliphatic rings. The molecule has 0 aromatic carbocycles. The summed E-state index contributed by atoms with van der Waals surface area (Å²) in [5, 5.41) is 10.4. The summed E-state index contributed by atoms with van der Waals surface area (Å²) in [7, 11) is 0. The number of hydrogen-bond donors (Lipinski definition) is 1. The Morgan fingerprint density at radius 1 is 1.26 bits per heavy atom. The third-order valence-electron chi connectivity index (χ3n) is 5.87. The van der Waals surface area contributed by atoms with Crippen molar-refractivity contribution in [3.8, 4) is 0 Å². The minimum absolute atomic E-state index is 0.236. The molecule has 1 N–H and O–H groups in total. The molecule has 4 atom stereocenters. The van der Waals surface area contributed by atoms with Crippen LogP contribution >= 0.6 is 0 Å². The SMILES string of the molecule is CC1(C)Cc2c(ccn2C2CC3CCC2C3)C(O)C1. The van der Waals surface area contributed by atoms with Crippen molar-refractivity contribution in [3.63, 3.8) is 0 Å². The zero-order chi connectivity index (χ0) is 13.2. The number of aliphatic hydroxyl groups excluding tert-OH is 1. The Hall–Kier alpha value is -0.760.